The van der Waals surface area contributed by atoms with Crippen molar-refractivity contribution in [2.75, 3.05) is 13.6 Å². The molecule has 0 spiro atoms. The number of rotatable bonds is 2. The van der Waals surface area contributed by atoms with Crippen LogP contribution in [0.5, 0.6) is 0 Å². The first-order valence-electron chi connectivity index (χ1n) is 6.50. The van der Waals surface area contributed by atoms with Gasteiger partial charge in [-0.25, -0.2) is 0 Å². The van der Waals surface area contributed by atoms with Gasteiger partial charge in [0, 0.05) is 12.6 Å². The Labute approximate surface area is 101 Å². The summed E-state index contributed by atoms with van der Waals surface area (Å²) in [6.45, 7) is 12.6. The van der Waals surface area contributed by atoms with Crippen molar-refractivity contribution in [3.05, 3.63) is 0 Å². The van der Waals surface area contributed by atoms with Crippen molar-refractivity contribution in [3.63, 3.8) is 0 Å². The van der Waals surface area contributed by atoms with Crippen LogP contribution in [0.4, 0.5) is 0 Å². The molecule has 0 aromatic heterocycles. The van der Waals surface area contributed by atoms with E-state index in [-0.39, 0.29) is 6.10 Å². The van der Waals surface area contributed by atoms with E-state index in [0.29, 0.717) is 16.9 Å². The Morgan fingerprint density at radius 2 is 1.88 bits per heavy atom. The standard InChI is InChI=1S/C14H29NO/c1-13(2,3)10-15(6)12-9-11(16)7-8-14(12,4)5/h11-12,16H,7-10H2,1-6H3. The van der Waals surface area contributed by atoms with Gasteiger partial charge in [0.2, 0.25) is 0 Å². The molecule has 1 N–H and O–H groups in total. The molecule has 1 aliphatic rings. The average molecular weight is 227 g/mol. The van der Waals surface area contributed by atoms with Crippen LogP contribution in [0.3, 0.4) is 0 Å². The third-order valence-corrected chi connectivity index (χ3v) is 3.78. The normalized spacial score (nSPS) is 30.8. The van der Waals surface area contributed by atoms with Gasteiger partial charge in [-0.1, -0.05) is 34.6 Å². The first-order chi connectivity index (χ1) is 7.12. The lowest BCUT2D eigenvalue weighted by molar-refractivity contribution is -0.0112. The number of hydrogen-bond acceptors (Lipinski definition) is 2. The second-order valence-corrected chi connectivity index (χ2v) is 7.41. The highest BCUT2D eigenvalue weighted by atomic mass is 16.3. The Morgan fingerprint density at radius 1 is 1.31 bits per heavy atom. The largest absolute Gasteiger partial charge is 0.393 e. The SMILES string of the molecule is CN(CC(C)(C)C)C1CC(O)CCC1(C)C. The zero-order chi connectivity index (χ0) is 12.6. The summed E-state index contributed by atoms with van der Waals surface area (Å²) in [6, 6.07) is 0.510. The average Bonchev–Trinajstić information content (AvgIpc) is 2.06. The molecule has 1 rings (SSSR count). The number of aliphatic hydroxyl groups excluding tert-OH is 1. The van der Waals surface area contributed by atoms with E-state index in [4.69, 9.17) is 0 Å². The van der Waals surface area contributed by atoms with Crippen LogP contribution < -0.4 is 0 Å². The fourth-order valence-electron chi connectivity index (χ4n) is 3.03. The molecular formula is C14H29NO. The number of aliphatic hydroxyl groups is 1. The third kappa shape index (κ3) is 3.74. The molecule has 0 aromatic carbocycles. The Kier molecular flexibility index (Phi) is 4.07. The molecular weight excluding hydrogens is 198 g/mol. The fraction of sp³-hybridized carbons (Fsp3) is 1.00. The quantitative estimate of drug-likeness (QED) is 0.784. The molecule has 16 heavy (non-hydrogen) atoms. The molecule has 1 aliphatic carbocycles. The van der Waals surface area contributed by atoms with Gasteiger partial charge in [0.05, 0.1) is 6.10 Å². The van der Waals surface area contributed by atoms with Gasteiger partial charge in [0.1, 0.15) is 0 Å². The minimum Gasteiger partial charge on any atom is -0.393 e. The summed E-state index contributed by atoms with van der Waals surface area (Å²) < 4.78 is 0. The van der Waals surface area contributed by atoms with Crippen molar-refractivity contribution in [1.29, 1.82) is 0 Å². The molecule has 2 nitrogen and oxygen atoms in total. The van der Waals surface area contributed by atoms with Crippen LogP contribution >= 0.6 is 0 Å². The predicted molar refractivity (Wildman–Crippen MR) is 69.5 cm³/mol. The van der Waals surface area contributed by atoms with E-state index >= 15 is 0 Å². The smallest absolute Gasteiger partial charge is 0.0555 e. The molecule has 96 valence electrons. The van der Waals surface area contributed by atoms with Gasteiger partial charge >= 0.3 is 0 Å². The van der Waals surface area contributed by atoms with Crippen molar-refractivity contribution in [1.82, 2.24) is 4.90 Å². The second-order valence-electron chi connectivity index (χ2n) is 7.41. The molecule has 2 heteroatoms. The van der Waals surface area contributed by atoms with Gasteiger partial charge < -0.3 is 10.0 Å². The number of hydrogen-bond donors (Lipinski definition) is 1. The van der Waals surface area contributed by atoms with E-state index in [2.05, 4.69) is 46.6 Å². The van der Waals surface area contributed by atoms with E-state index < -0.39 is 0 Å². The lowest BCUT2D eigenvalue weighted by Gasteiger charge is -2.47. The maximum absolute atomic E-state index is 9.83. The molecule has 1 saturated carbocycles. The van der Waals surface area contributed by atoms with Gasteiger partial charge in [-0.15, -0.1) is 0 Å². The van der Waals surface area contributed by atoms with Gasteiger partial charge in [0.25, 0.3) is 0 Å². The van der Waals surface area contributed by atoms with Crippen LogP contribution in [0, 0.1) is 10.8 Å². The zero-order valence-electron chi connectivity index (χ0n) is 11.9. The minimum absolute atomic E-state index is 0.0968. The van der Waals surface area contributed by atoms with Crippen LogP contribution in [-0.2, 0) is 0 Å². The Balaban J connectivity index is 2.68. The first-order valence-corrected chi connectivity index (χ1v) is 6.50. The van der Waals surface area contributed by atoms with Gasteiger partial charge in [-0.05, 0) is 37.1 Å². The topological polar surface area (TPSA) is 23.5 Å². The van der Waals surface area contributed by atoms with E-state index in [1.807, 2.05) is 0 Å². The summed E-state index contributed by atoms with van der Waals surface area (Å²) in [6.07, 6.45) is 2.93. The Bertz CT molecular complexity index is 229. The first kappa shape index (κ1) is 14.0. The molecule has 0 saturated heterocycles. The molecule has 2 atom stereocenters. The van der Waals surface area contributed by atoms with Crippen molar-refractivity contribution in [2.45, 2.75) is 66.0 Å². The van der Waals surface area contributed by atoms with Gasteiger partial charge in [-0.2, -0.15) is 0 Å². The summed E-state index contributed by atoms with van der Waals surface area (Å²) in [5.74, 6) is 0. The number of nitrogens with zero attached hydrogens (tertiary/aromatic N) is 1. The molecule has 0 aromatic rings. The zero-order valence-corrected chi connectivity index (χ0v) is 11.9. The van der Waals surface area contributed by atoms with Crippen molar-refractivity contribution in [2.24, 2.45) is 10.8 Å². The lowest BCUT2D eigenvalue weighted by Crippen LogP contribution is -2.50. The van der Waals surface area contributed by atoms with Crippen molar-refractivity contribution < 1.29 is 5.11 Å². The van der Waals surface area contributed by atoms with E-state index in [9.17, 15) is 5.11 Å². The Morgan fingerprint density at radius 3 is 2.38 bits per heavy atom. The maximum atomic E-state index is 9.83. The Hall–Kier alpha value is -0.0800. The van der Waals surface area contributed by atoms with Crippen LogP contribution in [0.2, 0.25) is 0 Å². The van der Waals surface area contributed by atoms with Crippen molar-refractivity contribution >= 4 is 0 Å². The van der Waals surface area contributed by atoms with Crippen LogP contribution in [0.15, 0.2) is 0 Å². The summed E-state index contributed by atoms with van der Waals surface area (Å²) in [5.41, 5.74) is 0.659. The third-order valence-electron chi connectivity index (χ3n) is 3.78. The highest BCUT2D eigenvalue weighted by Crippen LogP contribution is 2.39. The fourth-order valence-corrected chi connectivity index (χ4v) is 3.03. The highest BCUT2D eigenvalue weighted by molar-refractivity contribution is 4.92. The summed E-state index contributed by atoms with van der Waals surface area (Å²) in [4.78, 5) is 2.45. The van der Waals surface area contributed by atoms with Crippen LogP contribution in [0.1, 0.15) is 53.9 Å². The predicted octanol–water partition coefficient (Wildman–Crippen LogP) is 2.90. The molecule has 0 heterocycles. The summed E-state index contributed by atoms with van der Waals surface area (Å²) in [5, 5.41) is 9.83. The van der Waals surface area contributed by atoms with Crippen LogP contribution in [0.25, 0.3) is 0 Å². The molecule has 0 bridgehead atoms. The molecule has 0 radical (unpaired) electrons. The molecule has 1 fully saturated rings. The highest BCUT2D eigenvalue weighted by Gasteiger charge is 2.38. The monoisotopic (exact) mass is 227 g/mol. The van der Waals surface area contributed by atoms with E-state index in [1.165, 1.54) is 0 Å². The van der Waals surface area contributed by atoms with Gasteiger partial charge in [0.15, 0.2) is 0 Å². The molecule has 0 amide bonds. The lowest BCUT2D eigenvalue weighted by atomic mass is 9.71. The maximum Gasteiger partial charge on any atom is 0.0555 e. The summed E-state index contributed by atoms with van der Waals surface area (Å²) >= 11 is 0. The minimum atomic E-state index is -0.0968. The van der Waals surface area contributed by atoms with E-state index in [0.717, 1.165) is 25.8 Å². The molecule has 2 unspecified atom stereocenters. The summed E-state index contributed by atoms with van der Waals surface area (Å²) in [7, 11) is 2.20. The molecule has 0 aliphatic heterocycles. The van der Waals surface area contributed by atoms with Gasteiger partial charge in [-0.3, -0.25) is 0 Å². The van der Waals surface area contributed by atoms with Crippen molar-refractivity contribution in [3.8, 4) is 0 Å². The van der Waals surface area contributed by atoms with E-state index in [1.54, 1.807) is 0 Å². The van der Waals surface area contributed by atoms with Crippen LogP contribution in [-0.4, -0.2) is 35.7 Å². The second kappa shape index (κ2) is 4.66.